The Hall–Kier alpha value is -2.32. The van der Waals surface area contributed by atoms with E-state index in [9.17, 15) is 13.2 Å². The number of thiophene rings is 1. The highest BCUT2D eigenvalue weighted by molar-refractivity contribution is 7.94. The molecule has 1 aromatic carbocycles. The summed E-state index contributed by atoms with van der Waals surface area (Å²) in [6, 6.07) is 9.95. The maximum Gasteiger partial charge on any atom is 0.273 e. The van der Waals surface area contributed by atoms with Crippen LogP contribution in [0.5, 0.6) is 5.75 Å². The van der Waals surface area contributed by atoms with Crippen LogP contribution in [0.3, 0.4) is 0 Å². The van der Waals surface area contributed by atoms with E-state index in [1.807, 2.05) is 0 Å². The standard InChI is InChI=1S/C19H22N2O4S2/c1-15-9-11-21(12-10-15)18(22)14-25-17-7-5-16(6-8-17)20(2)27(23,24)19-4-3-13-26-19/h3-8,13H,1,9-12,14H2,2H3. The molecule has 144 valence electrons. The zero-order chi connectivity index (χ0) is 19.4. The highest BCUT2D eigenvalue weighted by Crippen LogP contribution is 2.26. The molecule has 0 saturated carbocycles. The fourth-order valence-corrected chi connectivity index (χ4v) is 5.10. The van der Waals surface area contributed by atoms with Crippen LogP contribution in [0.1, 0.15) is 12.8 Å². The second-order valence-corrected chi connectivity index (χ2v) is 9.46. The summed E-state index contributed by atoms with van der Waals surface area (Å²) in [6.45, 7) is 5.28. The Kier molecular flexibility index (Phi) is 5.86. The average Bonchev–Trinajstić information content (AvgIpc) is 3.22. The average molecular weight is 407 g/mol. The van der Waals surface area contributed by atoms with Gasteiger partial charge in [-0.25, -0.2) is 8.42 Å². The van der Waals surface area contributed by atoms with Gasteiger partial charge in [-0.15, -0.1) is 11.3 Å². The van der Waals surface area contributed by atoms with E-state index in [4.69, 9.17) is 4.74 Å². The van der Waals surface area contributed by atoms with Crippen LogP contribution in [0.4, 0.5) is 5.69 Å². The van der Waals surface area contributed by atoms with Gasteiger partial charge in [0.1, 0.15) is 9.96 Å². The van der Waals surface area contributed by atoms with Crippen LogP contribution in [0, 0.1) is 0 Å². The number of carbonyl (C=O) groups excluding carboxylic acids is 1. The van der Waals surface area contributed by atoms with E-state index in [0.29, 0.717) is 28.7 Å². The van der Waals surface area contributed by atoms with Gasteiger partial charge in [-0.1, -0.05) is 18.2 Å². The molecule has 3 rings (SSSR count). The number of sulfonamides is 1. The highest BCUT2D eigenvalue weighted by Gasteiger charge is 2.22. The lowest BCUT2D eigenvalue weighted by molar-refractivity contribution is -0.133. The molecule has 1 amide bonds. The van der Waals surface area contributed by atoms with E-state index in [1.165, 1.54) is 28.3 Å². The fraction of sp³-hybridized carbons (Fsp3) is 0.316. The smallest absolute Gasteiger partial charge is 0.273 e. The molecule has 0 N–H and O–H groups in total. The molecule has 0 radical (unpaired) electrons. The number of ether oxygens (including phenoxy) is 1. The summed E-state index contributed by atoms with van der Waals surface area (Å²) in [5.74, 6) is 0.472. The Bertz CT molecular complexity index is 896. The van der Waals surface area contributed by atoms with Crippen LogP contribution in [-0.2, 0) is 14.8 Å². The minimum Gasteiger partial charge on any atom is -0.484 e. The lowest BCUT2D eigenvalue weighted by Crippen LogP contribution is -2.39. The monoisotopic (exact) mass is 406 g/mol. The maximum atomic E-state index is 12.5. The van der Waals surface area contributed by atoms with Crippen LogP contribution in [0.25, 0.3) is 0 Å². The third kappa shape index (κ3) is 4.51. The van der Waals surface area contributed by atoms with Crippen molar-refractivity contribution >= 4 is 33.0 Å². The highest BCUT2D eigenvalue weighted by atomic mass is 32.2. The molecule has 0 unspecified atom stereocenters. The quantitative estimate of drug-likeness (QED) is 0.692. The fourth-order valence-electron chi connectivity index (χ4n) is 2.74. The third-order valence-corrected chi connectivity index (χ3v) is 7.65. The molecule has 0 spiro atoms. The Morgan fingerprint density at radius 3 is 2.48 bits per heavy atom. The number of piperidine rings is 1. The molecule has 1 saturated heterocycles. The summed E-state index contributed by atoms with van der Waals surface area (Å²) in [7, 11) is -2.05. The van der Waals surface area contributed by atoms with E-state index in [0.717, 1.165) is 12.8 Å². The summed E-state index contributed by atoms with van der Waals surface area (Å²) in [6.07, 6.45) is 1.68. The van der Waals surface area contributed by atoms with Crippen molar-refractivity contribution in [2.45, 2.75) is 17.1 Å². The van der Waals surface area contributed by atoms with Gasteiger partial charge in [0.05, 0.1) is 5.69 Å². The van der Waals surface area contributed by atoms with Gasteiger partial charge in [-0.2, -0.15) is 0 Å². The second-order valence-electron chi connectivity index (χ2n) is 6.32. The third-order valence-electron chi connectivity index (χ3n) is 4.50. The molecular formula is C19H22N2O4S2. The van der Waals surface area contributed by atoms with Gasteiger partial charge in [-0.05, 0) is 48.6 Å². The Morgan fingerprint density at radius 1 is 1.22 bits per heavy atom. The van der Waals surface area contributed by atoms with Crippen molar-refractivity contribution in [3.8, 4) is 5.75 Å². The predicted octanol–water partition coefficient (Wildman–Crippen LogP) is 3.13. The molecule has 0 aliphatic carbocycles. The normalized spacial score (nSPS) is 14.9. The summed E-state index contributed by atoms with van der Waals surface area (Å²) in [5.41, 5.74) is 1.70. The number of hydrogen-bond donors (Lipinski definition) is 0. The van der Waals surface area contributed by atoms with Crippen LogP contribution < -0.4 is 9.04 Å². The van der Waals surface area contributed by atoms with Gasteiger partial charge in [0.2, 0.25) is 0 Å². The lowest BCUT2D eigenvalue weighted by Gasteiger charge is -2.28. The zero-order valence-electron chi connectivity index (χ0n) is 15.1. The molecule has 0 bridgehead atoms. The number of likely N-dealkylation sites (tertiary alicyclic amines) is 1. The minimum absolute atomic E-state index is 0.0326. The molecule has 1 aliphatic rings. The lowest BCUT2D eigenvalue weighted by atomic mass is 10.1. The van der Waals surface area contributed by atoms with Crippen molar-refractivity contribution in [1.29, 1.82) is 0 Å². The SMILES string of the molecule is C=C1CCN(C(=O)COc2ccc(N(C)S(=O)(=O)c3cccs3)cc2)CC1. The van der Waals surface area contributed by atoms with E-state index < -0.39 is 10.0 Å². The summed E-state index contributed by atoms with van der Waals surface area (Å²) in [5, 5.41) is 1.73. The van der Waals surface area contributed by atoms with Crippen molar-refractivity contribution < 1.29 is 17.9 Å². The van der Waals surface area contributed by atoms with E-state index in [1.54, 1.807) is 46.7 Å². The van der Waals surface area contributed by atoms with E-state index in [2.05, 4.69) is 6.58 Å². The van der Waals surface area contributed by atoms with Crippen LogP contribution in [0.15, 0.2) is 58.1 Å². The van der Waals surface area contributed by atoms with Crippen molar-refractivity contribution in [3.05, 3.63) is 53.9 Å². The molecule has 6 nitrogen and oxygen atoms in total. The van der Waals surface area contributed by atoms with Gasteiger partial charge in [0.15, 0.2) is 6.61 Å². The van der Waals surface area contributed by atoms with Gasteiger partial charge in [0.25, 0.3) is 15.9 Å². The number of carbonyl (C=O) groups is 1. The van der Waals surface area contributed by atoms with Crippen LogP contribution in [0.2, 0.25) is 0 Å². The summed E-state index contributed by atoms with van der Waals surface area (Å²) in [4.78, 5) is 14.0. The predicted molar refractivity (Wildman–Crippen MR) is 107 cm³/mol. The first-order chi connectivity index (χ1) is 12.9. The minimum atomic E-state index is -3.56. The topological polar surface area (TPSA) is 66.9 Å². The number of rotatable bonds is 6. The zero-order valence-corrected chi connectivity index (χ0v) is 16.8. The molecule has 2 heterocycles. The van der Waals surface area contributed by atoms with Gasteiger partial charge in [0, 0.05) is 20.1 Å². The molecule has 1 aromatic heterocycles. The number of amides is 1. The van der Waals surface area contributed by atoms with Gasteiger partial charge < -0.3 is 9.64 Å². The van der Waals surface area contributed by atoms with E-state index in [-0.39, 0.29) is 12.5 Å². The van der Waals surface area contributed by atoms with Crippen molar-refractivity contribution in [2.75, 3.05) is 31.0 Å². The van der Waals surface area contributed by atoms with E-state index >= 15 is 0 Å². The largest absolute Gasteiger partial charge is 0.484 e. The Morgan fingerprint density at radius 2 is 1.89 bits per heavy atom. The molecule has 1 fully saturated rings. The first-order valence-electron chi connectivity index (χ1n) is 8.57. The van der Waals surface area contributed by atoms with Crippen LogP contribution in [-0.4, -0.2) is 46.0 Å². The Labute approximate surface area is 163 Å². The van der Waals surface area contributed by atoms with Crippen molar-refractivity contribution in [3.63, 3.8) is 0 Å². The number of hydrogen-bond acceptors (Lipinski definition) is 5. The van der Waals surface area contributed by atoms with Crippen molar-refractivity contribution in [2.24, 2.45) is 0 Å². The maximum absolute atomic E-state index is 12.5. The van der Waals surface area contributed by atoms with Gasteiger partial charge >= 0.3 is 0 Å². The molecule has 8 heteroatoms. The first-order valence-corrected chi connectivity index (χ1v) is 10.9. The number of benzene rings is 1. The molecule has 2 aromatic rings. The summed E-state index contributed by atoms with van der Waals surface area (Å²) < 4.78 is 32.2. The van der Waals surface area contributed by atoms with Gasteiger partial charge in [-0.3, -0.25) is 9.10 Å². The van der Waals surface area contributed by atoms with Crippen molar-refractivity contribution in [1.82, 2.24) is 4.90 Å². The molecule has 1 aliphatic heterocycles. The molecular weight excluding hydrogens is 384 g/mol. The summed E-state index contributed by atoms with van der Waals surface area (Å²) >= 11 is 1.18. The second kappa shape index (κ2) is 8.14. The van der Waals surface area contributed by atoms with Crippen LogP contribution >= 0.6 is 11.3 Å². The molecule has 0 atom stereocenters. The Balaban J connectivity index is 1.59. The molecule has 27 heavy (non-hydrogen) atoms. The number of anilines is 1. The first kappa shape index (κ1) is 19.4. The number of nitrogens with zero attached hydrogens (tertiary/aromatic N) is 2.